The van der Waals surface area contributed by atoms with Gasteiger partial charge in [0.2, 0.25) is 0 Å². The van der Waals surface area contributed by atoms with E-state index in [2.05, 4.69) is 13.8 Å². The molecule has 0 aliphatic carbocycles. The molecule has 0 fully saturated rings. The predicted molar refractivity (Wildman–Crippen MR) is 180 cm³/mol. The van der Waals surface area contributed by atoms with E-state index in [-0.39, 0.29) is 50.5 Å². The quantitative estimate of drug-likeness (QED) is 0.0358. The molecule has 1 aromatic rings. The van der Waals surface area contributed by atoms with Gasteiger partial charge in [0, 0.05) is 37.7 Å². The van der Waals surface area contributed by atoms with Gasteiger partial charge in [0.05, 0.1) is 6.61 Å². The molecule has 0 amide bonds. The molecule has 0 heterocycles. The van der Waals surface area contributed by atoms with Crippen molar-refractivity contribution in [3.8, 4) is 5.75 Å². The van der Waals surface area contributed by atoms with E-state index in [0.717, 1.165) is 38.5 Å². The van der Waals surface area contributed by atoms with Gasteiger partial charge >= 0.3 is 19.7 Å². The van der Waals surface area contributed by atoms with Crippen molar-refractivity contribution in [2.45, 2.75) is 123 Å². The monoisotopic (exact) mass is 679 g/mol. The number of hydrogen-bond acceptors (Lipinski definition) is 7. The molecule has 2 atom stereocenters. The molecular formula is C33H56Cl2NO7P. The van der Waals surface area contributed by atoms with Crippen LogP contribution in [0.15, 0.2) is 30.3 Å². The second-order valence-electron chi connectivity index (χ2n) is 11.0. The lowest BCUT2D eigenvalue weighted by molar-refractivity contribution is -0.161. The average Bonchev–Trinajstić information content (AvgIpc) is 3.02. The zero-order chi connectivity index (χ0) is 32.3. The second kappa shape index (κ2) is 26.9. The molecule has 0 aliphatic rings. The Morgan fingerprint density at radius 3 is 1.75 bits per heavy atom. The average molecular weight is 681 g/mol. The molecule has 1 rings (SSSR count). The van der Waals surface area contributed by atoms with E-state index < -0.39 is 19.8 Å². The first kappa shape index (κ1) is 40.7. The smallest absolute Gasteiger partial charge is 0.461 e. The van der Waals surface area contributed by atoms with Crippen molar-refractivity contribution in [2.75, 3.05) is 38.1 Å². The Kier molecular flexibility index (Phi) is 24.9. The Bertz CT molecular complexity index is 903. The van der Waals surface area contributed by atoms with Gasteiger partial charge in [0.1, 0.15) is 12.4 Å². The van der Waals surface area contributed by atoms with Gasteiger partial charge in [-0.1, -0.05) is 109 Å². The summed E-state index contributed by atoms with van der Waals surface area (Å²) in [7, 11) is -3.97. The minimum absolute atomic E-state index is 0.176. The van der Waals surface area contributed by atoms with Crippen molar-refractivity contribution < 1.29 is 32.7 Å². The lowest BCUT2D eigenvalue weighted by atomic mass is 10.1. The van der Waals surface area contributed by atoms with Gasteiger partial charge in [-0.05, 0) is 25.0 Å². The molecule has 0 aromatic heterocycles. The van der Waals surface area contributed by atoms with Crippen LogP contribution in [0.25, 0.3) is 0 Å². The van der Waals surface area contributed by atoms with Gasteiger partial charge in [-0.3, -0.25) is 14.1 Å². The van der Waals surface area contributed by atoms with Gasteiger partial charge in [0.15, 0.2) is 6.10 Å². The largest absolute Gasteiger partial charge is 0.462 e. The predicted octanol–water partition coefficient (Wildman–Crippen LogP) is 9.71. The molecule has 1 aromatic carbocycles. The van der Waals surface area contributed by atoms with Gasteiger partial charge in [0.25, 0.3) is 0 Å². The number of benzene rings is 1. The molecule has 8 nitrogen and oxygen atoms in total. The number of halogens is 2. The molecule has 0 saturated heterocycles. The van der Waals surface area contributed by atoms with E-state index in [1.807, 2.05) is 6.07 Å². The van der Waals surface area contributed by atoms with Crippen molar-refractivity contribution in [3.05, 3.63) is 30.3 Å². The fourth-order valence-corrected chi connectivity index (χ4v) is 6.99. The summed E-state index contributed by atoms with van der Waals surface area (Å²) >= 11 is 12.0. The highest BCUT2D eigenvalue weighted by atomic mass is 35.5. The van der Waals surface area contributed by atoms with Crippen LogP contribution in [0.4, 0.5) is 0 Å². The SMILES string of the molecule is CCCCCCCCCC(=O)OC[C@@H](CO[P@@](=O)(Oc1ccccc1)N(CCCl)CCCl)OC(=O)CCCCCCCCC. The maximum atomic E-state index is 14.1. The molecular weight excluding hydrogens is 624 g/mol. The number of unbranched alkanes of at least 4 members (excludes halogenated alkanes) is 12. The summed E-state index contributed by atoms with van der Waals surface area (Å²) in [5.41, 5.74) is 0. The highest BCUT2D eigenvalue weighted by Crippen LogP contribution is 2.52. The molecule has 254 valence electrons. The molecule has 44 heavy (non-hydrogen) atoms. The maximum absolute atomic E-state index is 14.1. The van der Waals surface area contributed by atoms with Crippen molar-refractivity contribution in [1.29, 1.82) is 0 Å². The number of nitrogens with zero attached hydrogens (tertiary/aromatic N) is 1. The van der Waals surface area contributed by atoms with Crippen LogP contribution in [0.1, 0.15) is 117 Å². The molecule has 0 bridgehead atoms. The first-order chi connectivity index (χ1) is 21.4. The number of alkyl halides is 2. The molecule has 0 aliphatic heterocycles. The fourth-order valence-electron chi connectivity index (χ4n) is 4.58. The summed E-state index contributed by atoms with van der Waals surface area (Å²) in [6, 6.07) is 8.66. The third-order valence-electron chi connectivity index (χ3n) is 7.12. The van der Waals surface area contributed by atoms with E-state index in [0.29, 0.717) is 18.6 Å². The third-order valence-corrected chi connectivity index (χ3v) is 9.46. The van der Waals surface area contributed by atoms with Crippen LogP contribution in [-0.2, 0) is 28.2 Å². The van der Waals surface area contributed by atoms with Crippen molar-refractivity contribution >= 4 is 42.9 Å². The minimum atomic E-state index is -3.97. The zero-order valence-electron chi connectivity index (χ0n) is 27.0. The van der Waals surface area contributed by atoms with E-state index >= 15 is 0 Å². The van der Waals surface area contributed by atoms with E-state index in [1.165, 1.54) is 49.6 Å². The topological polar surface area (TPSA) is 91.4 Å². The maximum Gasteiger partial charge on any atom is 0.461 e. The van der Waals surface area contributed by atoms with Crippen LogP contribution >= 0.6 is 30.9 Å². The molecule has 0 N–H and O–H groups in total. The standard InChI is InChI=1S/C33H56Cl2NO7P/c1-3-5-7-9-11-13-18-22-32(37)40-28-31(42-33(38)23-19-14-12-10-8-6-4-2)29-41-44(39,36(26-24-34)27-25-35)43-30-20-16-15-17-21-30/h15-17,20-21,31H,3-14,18-19,22-29H2,1-2H3/t31-,44+/m0/s1. The highest BCUT2D eigenvalue weighted by molar-refractivity contribution is 7.51. The Labute approximate surface area is 276 Å². The van der Waals surface area contributed by atoms with Crippen molar-refractivity contribution in [2.24, 2.45) is 0 Å². The van der Waals surface area contributed by atoms with Crippen LogP contribution in [0.5, 0.6) is 5.75 Å². The first-order valence-electron chi connectivity index (χ1n) is 16.6. The van der Waals surface area contributed by atoms with E-state index in [4.69, 9.17) is 41.7 Å². The Balaban J connectivity index is 2.82. The van der Waals surface area contributed by atoms with Crippen LogP contribution in [0.3, 0.4) is 0 Å². The van der Waals surface area contributed by atoms with Crippen molar-refractivity contribution in [3.63, 3.8) is 0 Å². The number of para-hydroxylation sites is 1. The van der Waals surface area contributed by atoms with Crippen LogP contribution < -0.4 is 4.52 Å². The van der Waals surface area contributed by atoms with Crippen LogP contribution in [0, 0.1) is 0 Å². The lowest BCUT2D eigenvalue weighted by Gasteiger charge is -2.30. The number of ether oxygens (including phenoxy) is 2. The number of esters is 2. The Morgan fingerprint density at radius 2 is 1.23 bits per heavy atom. The summed E-state index contributed by atoms with van der Waals surface area (Å²) in [5.74, 6) is -0.0716. The third kappa shape index (κ3) is 19.9. The first-order valence-corrected chi connectivity index (χ1v) is 19.2. The van der Waals surface area contributed by atoms with Gasteiger partial charge in [-0.2, -0.15) is 4.67 Å². The van der Waals surface area contributed by atoms with Gasteiger partial charge < -0.3 is 14.0 Å². The number of rotatable bonds is 29. The van der Waals surface area contributed by atoms with Gasteiger partial charge in [-0.15, -0.1) is 23.2 Å². The Morgan fingerprint density at radius 1 is 0.727 bits per heavy atom. The second-order valence-corrected chi connectivity index (χ2v) is 13.7. The molecule has 0 saturated carbocycles. The lowest BCUT2D eigenvalue weighted by Crippen LogP contribution is -2.33. The normalized spacial score (nSPS) is 13.4. The van der Waals surface area contributed by atoms with Crippen molar-refractivity contribution in [1.82, 2.24) is 4.67 Å². The fraction of sp³-hybridized carbons (Fsp3) is 0.758. The zero-order valence-corrected chi connectivity index (χ0v) is 29.4. The number of carbonyl (C=O) groups excluding carboxylic acids is 2. The number of carbonyl (C=O) groups is 2. The summed E-state index contributed by atoms with van der Waals surface area (Å²) in [5, 5.41) is 0. The summed E-state index contributed by atoms with van der Waals surface area (Å²) in [6.07, 6.45) is 14.8. The van der Waals surface area contributed by atoms with Gasteiger partial charge in [-0.25, -0.2) is 4.57 Å². The summed E-state index contributed by atoms with van der Waals surface area (Å²) in [4.78, 5) is 25.2. The molecule has 11 heteroatoms. The minimum Gasteiger partial charge on any atom is -0.462 e. The van der Waals surface area contributed by atoms with Crippen LogP contribution in [-0.4, -0.2) is 60.8 Å². The summed E-state index contributed by atoms with van der Waals surface area (Å²) in [6.45, 7) is 4.28. The Hall–Kier alpha value is -1.31. The highest BCUT2D eigenvalue weighted by Gasteiger charge is 2.36. The molecule has 0 spiro atoms. The van der Waals surface area contributed by atoms with E-state index in [9.17, 15) is 14.2 Å². The number of hydrogen-bond donors (Lipinski definition) is 0. The molecule has 0 unspecified atom stereocenters. The van der Waals surface area contributed by atoms with E-state index in [1.54, 1.807) is 24.3 Å². The molecule has 0 radical (unpaired) electrons. The van der Waals surface area contributed by atoms with Crippen LogP contribution in [0.2, 0.25) is 0 Å². The summed E-state index contributed by atoms with van der Waals surface area (Å²) < 4.78 is 38.5.